The molecule has 0 bridgehead atoms. The summed E-state index contributed by atoms with van der Waals surface area (Å²) in [6, 6.07) is 2.06. The summed E-state index contributed by atoms with van der Waals surface area (Å²) in [6.07, 6.45) is 8.53. The second-order valence-electron chi connectivity index (χ2n) is 5.64. The first-order chi connectivity index (χ1) is 9.27. The van der Waals surface area contributed by atoms with Gasteiger partial charge < -0.3 is 9.88 Å². The molecule has 2 aromatic rings. The average molecular weight is 258 g/mol. The lowest BCUT2D eigenvalue weighted by molar-refractivity contribution is 0.266. The van der Waals surface area contributed by atoms with Crippen molar-refractivity contribution in [3.63, 3.8) is 0 Å². The lowest BCUT2D eigenvalue weighted by atomic mass is 9.74. The maximum atomic E-state index is 4.90. The van der Waals surface area contributed by atoms with Crippen LogP contribution < -0.4 is 5.32 Å². The molecule has 0 unspecified atom stereocenters. The zero-order valence-electron chi connectivity index (χ0n) is 11.8. The second-order valence-corrected chi connectivity index (χ2v) is 5.64. The van der Waals surface area contributed by atoms with Crippen LogP contribution in [-0.2, 0) is 12.5 Å². The standard InChI is InChI=1S/C15H22N4/c1-3-5-15(6-9-16-10-7-15)14-18-12-11-17-8-4-13(12)19(14)2/h4,8,11,16H,3,5-7,9-10H2,1-2H3. The van der Waals surface area contributed by atoms with Gasteiger partial charge in [-0.1, -0.05) is 13.3 Å². The molecule has 1 fully saturated rings. The Morgan fingerprint density at radius 1 is 1.37 bits per heavy atom. The van der Waals surface area contributed by atoms with Gasteiger partial charge in [0.2, 0.25) is 0 Å². The number of aromatic nitrogens is 3. The van der Waals surface area contributed by atoms with Crippen LogP contribution in [-0.4, -0.2) is 27.6 Å². The number of rotatable bonds is 3. The van der Waals surface area contributed by atoms with Gasteiger partial charge in [0.15, 0.2) is 0 Å². The predicted molar refractivity (Wildman–Crippen MR) is 77.2 cm³/mol. The van der Waals surface area contributed by atoms with Gasteiger partial charge in [-0.3, -0.25) is 4.98 Å². The fourth-order valence-corrected chi connectivity index (χ4v) is 3.50. The molecule has 102 valence electrons. The maximum absolute atomic E-state index is 4.90. The Morgan fingerprint density at radius 2 is 2.16 bits per heavy atom. The van der Waals surface area contributed by atoms with Gasteiger partial charge >= 0.3 is 0 Å². The number of hydrogen-bond donors (Lipinski definition) is 1. The third-order valence-electron chi connectivity index (χ3n) is 4.45. The number of nitrogens with one attached hydrogen (secondary N) is 1. The van der Waals surface area contributed by atoms with Crippen molar-refractivity contribution in [1.82, 2.24) is 19.9 Å². The molecule has 3 rings (SSSR count). The van der Waals surface area contributed by atoms with Crippen molar-refractivity contribution >= 4 is 11.0 Å². The SMILES string of the molecule is CCCC1(c2nc3cnccc3n2C)CCNCC1. The molecule has 1 saturated heterocycles. The van der Waals surface area contributed by atoms with Crippen molar-refractivity contribution in [2.75, 3.05) is 13.1 Å². The predicted octanol–water partition coefficient (Wildman–Crippen LogP) is 2.39. The van der Waals surface area contributed by atoms with Gasteiger partial charge in [-0.05, 0) is 38.4 Å². The molecular formula is C15H22N4. The van der Waals surface area contributed by atoms with Crippen LogP contribution in [0.5, 0.6) is 0 Å². The first kappa shape index (κ1) is 12.6. The highest BCUT2D eigenvalue weighted by Crippen LogP contribution is 2.38. The summed E-state index contributed by atoms with van der Waals surface area (Å²) in [5, 5.41) is 3.47. The maximum Gasteiger partial charge on any atom is 0.116 e. The number of aryl methyl sites for hydroxylation is 1. The van der Waals surface area contributed by atoms with Crippen molar-refractivity contribution in [3.05, 3.63) is 24.3 Å². The van der Waals surface area contributed by atoms with E-state index >= 15 is 0 Å². The molecule has 4 heteroatoms. The van der Waals surface area contributed by atoms with E-state index in [0.717, 1.165) is 18.6 Å². The number of fused-ring (bicyclic) bond motifs is 1. The number of hydrogen-bond acceptors (Lipinski definition) is 3. The Balaban J connectivity index is 2.11. The van der Waals surface area contributed by atoms with Gasteiger partial charge in [0.05, 0.1) is 11.7 Å². The van der Waals surface area contributed by atoms with Crippen LogP contribution in [0.15, 0.2) is 18.5 Å². The Morgan fingerprint density at radius 3 is 2.84 bits per heavy atom. The fourth-order valence-electron chi connectivity index (χ4n) is 3.50. The molecular weight excluding hydrogens is 236 g/mol. The molecule has 0 amide bonds. The summed E-state index contributed by atoms with van der Waals surface area (Å²) < 4.78 is 2.28. The minimum atomic E-state index is 0.244. The first-order valence-corrected chi connectivity index (χ1v) is 7.24. The van der Waals surface area contributed by atoms with Crippen molar-refractivity contribution in [2.24, 2.45) is 7.05 Å². The largest absolute Gasteiger partial charge is 0.331 e. The first-order valence-electron chi connectivity index (χ1n) is 7.24. The Hall–Kier alpha value is -1.42. The minimum Gasteiger partial charge on any atom is -0.331 e. The smallest absolute Gasteiger partial charge is 0.116 e. The average Bonchev–Trinajstić information content (AvgIpc) is 2.79. The highest BCUT2D eigenvalue weighted by Gasteiger charge is 2.37. The molecule has 0 radical (unpaired) electrons. The van der Waals surface area contributed by atoms with Gasteiger partial charge in [0, 0.05) is 18.7 Å². The van der Waals surface area contributed by atoms with E-state index in [1.165, 1.54) is 37.0 Å². The molecule has 0 atom stereocenters. The van der Waals surface area contributed by atoms with Crippen LogP contribution in [0, 0.1) is 0 Å². The number of nitrogens with zero attached hydrogens (tertiary/aromatic N) is 3. The van der Waals surface area contributed by atoms with E-state index < -0.39 is 0 Å². The van der Waals surface area contributed by atoms with E-state index in [2.05, 4.69) is 34.9 Å². The van der Waals surface area contributed by atoms with Crippen LogP contribution in [0.3, 0.4) is 0 Å². The number of piperidine rings is 1. The number of pyridine rings is 1. The molecule has 1 N–H and O–H groups in total. The molecule has 0 aliphatic carbocycles. The van der Waals surface area contributed by atoms with Crippen molar-refractivity contribution in [2.45, 2.75) is 38.0 Å². The summed E-state index contributed by atoms with van der Waals surface area (Å²) in [4.78, 5) is 9.09. The van der Waals surface area contributed by atoms with Crippen LogP contribution in [0.4, 0.5) is 0 Å². The number of imidazole rings is 1. The molecule has 0 saturated carbocycles. The molecule has 1 aliphatic rings. The van der Waals surface area contributed by atoms with Crippen LogP contribution in [0.25, 0.3) is 11.0 Å². The molecule has 2 aromatic heterocycles. The summed E-state index contributed by atoms with van der Waals surface area (Å²) >= 11 is 0. The second kappa shape index (κ2) is 4.93. The molecule has 0 aromatic carbocycles. The van der Waals surface area contributed by atoms with Crippen molar-refractivity contribution in [3.8, 4) is 0 Å². The topological polar surface area (TPSA) is 42.7 Å². The normalized spacial score (nSPS) is 18.8. The van der Waals surface area contributed by atoms with Crippen molar-refractivity contribution in [1.29, 1.82) is 0 Å². The summed E-state index contributed by atoms with van der Waals surface area (Å²) in [7, 11) is 2.14. The molecule has 3 heterocycles. The molecule has 4 nitrogen and oxygen atoms in total. The van der Waals surface area contributed by atoms with Gasteiger partial charge in [-0.25, -0.2) is 4.98 Å². The molecule has 19 heavy (non-hydrogen) atoms. The Bertz CT molecular complexity index is 561. The van der Waals surface area contributed by atoms with E-state index in [4.69, 9.17) is 4.98 Å². The summed E-state index contributed by atoms with van der Waals surface area (Å²) in [5.74, 6) is 1.25. The van der Waals surface area contributed by atoms with Gasteiger partial charge in [0.1, 0.15) is 11.3 Å². The van der Waals surface area contributed by atoms with Crippen molar-refractivity contribution < 1.29 is 0 Å². The van der Waals surface area contributed by atoms with Gasteiger partial charge in [0.25, 0.3) is 0 Å². The van der Waals surface area contributed by atoms with E-state index in [9.17, 15) is 0 Å². The zero-order chi connectivity index (χ0) is 13.3. The van der Waals surface area contributed by atoms with Gasteiger partial charge in [-0.2, -0.15) is 0 Å². The van der Waals surface area contributed by atoms with Crippen LogP contribution >= 0.6 is 0 Å². The summed E-state index contributed by atoms with van der Waals surface area (Å²) in [5.41, 5.74) is 2.46. The highest BCUT2D eigenvalue weighted by molar-refractivity contribution is 5.74. The third-order valence-corrected chi connectivity index (χ3v) is 4.45. The Labute approximate surface area is 114 Å². The van der Waals surface area contributed by atoms with E-state index in [1.54, 1.807) is 0 Å². The third kappa shape index (κ3) is 2.04. The van der Waals surface area contributed by atoms with E-state index in [1.807, 2.05) is 12.4 Å². The fraction of sp³-hybridized carbons (Fsp3) is 0.600. The Kier molecular flexibility index (Phi) is 3.27. The monoisotopic (exact) mass is 258 g/mol. The summed E-state index contributed by atoms with van der Waals surface area (Å²) in [6.45, 7) is 4.47. The van der Waals surface area contributed by atoms with Crippen LogP contribution in [0.2, 0.25) is 0 Å². The van der Waals surface area contributed by atoms with Gasteiger partial charge in [-0.15, -0.1) is 0 Å². The lowest BCUT2D eigenvalue weighted by Crippen LogP contribution is -2.41. The van der Waals surface area contributed by atoms with E-state index in [-0.39, 0.29) is 5.41 Å². The lowest BCUT2D eigenvalue weighted by Gasteiger charge is -2.37. The molecule has 0 spiro atoms. The zero-order valence-corrected chi connectivity index (χ0v) is 11.8. The highest BCUT2D eigenvalue weighted by atomic mass is 15.1. The van der Waals surface area contributed by atoms with E-state index in [0.29, 0.717) is 0 Å². The molecule has 1 aliphatic heterocycles. The van der Waals surface area contributed by atoms with Crippen LogP contribution in [0.1, 0.15) is 38.4 Å². The quantitative estimate of drug-likeness (QED) is 0.919. The minimum absolute atomic E-state index is 0.244.